The monoisotopic (exact) mass is 379 g/mol. The van der Waals surface area contributed by atoms with E-state index in [2.05, 4.69) is 10.3 Å². The molecule has 0 aliphatic carbocycles. The molecule has 0 spiro atoms. The third kappa shape index (κ3) is 3.28. The second-order valence-electron chi connectivity index (χ2n) is 6.73. The molecule has 28 heavy (non-hydrogen) atoms. The summed E-state index contributed by atoms with van der Waals surface area (Å²) in [7, 11) is 3.39. The van der Waals surface area contributed by atoms with E-state index in [-0.39, 0.29) is 11.8 Å². The lowest BCUT2D eigenvalue weighted by atomic mass is 10.1. The maximum absolute atomic E-state index is 12.9. The van der Waals surface area contributed by atoms with Gasteiger partial charge < -0.3 is 14.5 Å². The van der Waals surface area contributed by atoms with Crippen LogP contribution in [0.25, 0.3) is 11.0 Å². The van der Waals surface area contributed by atoms with Crippen LogP contribution in [0.4, 0.5) is 0 Å². The number of piperazine rings is 1. The van der Waals surface area contributed by atoms with Gasteiger partial charge in [0.1, 0.15) is 11.3 Å². The number of nitrogens with zero attached hydrogens (tertiary/aromatic N) is 5. The predicted octanol–water partition coefficient (Wildman–Crippen LogP) is 1.58. The van der Waals surface area contributed by atoms with E-state index in [9.17, 15) is 9.59 Å². The van der Waals surface area contributed by atoms with Gasteiger partial charge in [0.15, 0.2) is 0 Å². The zero-order valence-electron chi connectivity index (χ0n) is 15.8. The summed E-state index contributed by atoms with van der Waals surface area (Å²) in [6, 6.07) is 12.5. The molecule has 1 aliphatic rings. The number of aryl methyl sites for hydroxylation is 1. The van der Waals surface area contributed by atoms with Crippen LogP contribution in [0.2, 0.25) is 0 Å². The smallest absolute Gasteiger partial charge is 0.254 e. The molecule has 4 rings (SSSR count). The molecule has 3 aromatic rings. The highest BCUT2D eigenvalue weighted by molar-refractivity contribution is 5.98. The van der Waals surface area contributed by atoms with E-state index in [0.717, 1.165) is 11.0 Å². The van der Waals surface area contributed by atoms with Gasteiger partial charge >= 0.3 is 0 Å². The number of fused-ring (bicyclic) bond motifs is 1. The fourth-order valence-electron chi connectivity index (χ4n) is 3.38. The average molecular weight is 379 g/mol. The van der Waals surface area contributed by atoms with Crippen LogP contribution in [0.15, 0.2) is 42.5 Å². The number of ether oxygens (including phenoxy) is 1. The van der Waals surface area contributed by atoms with E-state index >= 15 is 0 Å². The zero-order valence-corrected chi connectivity index (χ0v) is 15.8. The van der Waals surface area contributed by atoms with Crippen LogP contribution in [-0.2, 0) is 7.05 Å². The number of benzene rings is 2. The SMILES string of the molecule is COc1ccc(C(=O)N2CCN(C(=O)c3ccc4nnn(C)c4c3)CC2)cc1. The lowest BCUT2D eigenvalue weighted by Crippen LogP contribution is -2.50. The highest BCUT2D eigenvalue weighted by atomic mass is 16.5. The number of amides is 2. The van der Waals surface area contributed by atoms with Crippen molar-refractivity contribution in [3.05, 3.63) is 53.6 Å². The van der Waals surface area contributed by atoms with Crippen LogP contribution in [-0.4, -0.2) is 69.9 Å². The van der Waals surface area contributed by atoms with Crippen LogP contribution in [0.5, 0.6) is 5.75 Å². The van der Waals surface area contributed by atoms with Crippen molar-refractivity contribution in [2.45, 2.75) is 0 Å². The van der Waals surface area contributed by atoms with Gasteiger partial charge in [-0.3, -0.25) is 9.59 Å². The molecule has 8 nitrogen and oxygen atoms in total. The standard InChI is InChI=1S/C20H21N5O3/c1-23-18-13-15(5-8-17(18)21-22-23)20(27)25-11-9-24(10-12-25)19(26)14-3-6-16(28-2)7-4-14/h3-8,13H,9-12H2,1-2H3. The molecule has 2 aromatic carbocycles. The summed E-state index contributed by atoms with van der Waals surface area (Å²) in [6.07, 6.45) is 0. The second kappa shape index (κ2) is 7.30. The molecule has 2 heterocycles. The summed E-state index contributed by atoms with van der Waals surface area (Å²) in [5.41, 5.74) is 2.80. The molecular weight excluding hydrogens is 358 g/mol. The van der Waals surface area contributed by atoms with Gasteiger partial charge in [0.05, 0.1) is 12.6 Å². The van der Waals surface area contributed by atoms with Gasteiger partial charge in [-0.15, -0.1) is 5.10 Å². The van der Waals surface area contributed by atoms with Crippen molar-refractivity contribution in [2.24, 2.45) is 7.05 Å². The fourth-order valence-corrected chi connectivity index (χ4v) is 3.38. The highest BCUT2D eigenvalue weighted by Crippen LogP contribution is 2.17. The Bertz CT molecular complexity index is 1020. The normalized spacial score (nSPS) is 14.4. The number of hydrogen-bond acceptors (Lipinski definition) is 5. The molecule has 0 saturated carbocycles. The number of carbonyl (C=O) groups is 2. The van der Waals surface area contributed by atoms with Crippen LogP contribution >= 0.6 is 0 Å². The molecule has 0 bridgehead atoms. The van der Waals surface area contributed by atoms with Gasteiger partial charge in [-0.1, -0.05) is 5.21 Å². The van der Waals surface area contributed by atoms with Crippen molar-refractivity contribution in [1.29, 1.82) is 0 Å². The third-order valence-electron chi connectivity index (χ3n) is 5.05. The summed E-state index contributed by atoms with van der Waals surface area (Å²) in [6.45, 7) is 2.02. The van der Waals surface area contributed by atoms with Gasteiger partial charge in [-0.25, -0.2) is 4.68 Å². The van der Waals surface area contributed by atoms with Gasteiger partial charge in [-0.2, -0.15) is 0 Å². The molecule has 2 amide bonds. The molecule has 1 aromatic heterocycles. The van der Waals surface area contributed by atoms with E-state index in [1.165, 1.54) is 0 Å². The molecule has 0 atom stereocenters. The topological polar surface area (TPSA) is 80.6 Å². The first-order valence-corrected chi connectivity index (χ1v) is 9.09. The Balaban J connectivity index is 1.41. The predicted molar refractivity (Wildman–Crippen MR) is 103 cm³/mol. The summed E-state index contributed by atoms with van der Waals surface area (Å²) < 4.78 is 6.78. The van der Waals surface area contributed by atoms with Gasteiger partial charge in [0, 0.05) is 44.4 Å². The Morgan fingerprint density at radius 3 is 2.07 bits per heavy atom. The number of methoxy groups -OCH3 is 1. The summed E-state index contributed by atoms with van der Waals surface area (Å²) in [4.78, 5) is 29.1. The Hall–Kier alpha value is -3.42. The van der Waals surface area contributed by atoms with Gasteiger partial charge in [0.2, 0.25) is 0 Å². The first-order valence-electron chi connectivity index (χ1n) is 9.09. The minimum Gasteiger partial charge on any atom is -0.497 e. The molecule has 1 saturated heterocycles. The van der Waals surface area contributed by atoms with Crippen LogP contribution in [0.3, 0.4) is 0 Å². The van der Waals surface area contributed by atoms with E-state index in [1.807, 2.05) is 6.07 Å². The Labute approximate surface area is 162 Å². The Kier molecular flexibility index (Phi) is 4.68. The first kappa shape index (κ1) is 18.0. The Morgan fingerprint density at radius 1 is 0.893 bits per heavy atom. The molecule has 1 fully saturated rings. The number of hydrogen-bond donors (Lipinski definition) is 0. The van der Waals surface area contributed by atoms with Crippen molar-refractivity contribution in [3.63, 3.8) is 0 Å². The summed E-state index contributed by atoms with van der Waals surface area (Å²) >= 11 is 0. The highest BCUT2D eigenvalue weighted by Gasteiger charge is 2.25. The van der Waals surface area contributed by atoms with Crippen molar-refractivity contribution in [3.8, 4) is 5.75 Å². The molecule has 144 valence electrons. The van der Waals surface area contributed by atoms with Gasteiger partial charge in [-0.05, 0) is 42.5 Å². The number of aromatic nitrogens is 3. The minimum atomic E-state index is -0.0420. The lowest BCUT2D eigenvalue weighted by Gasteiger charge is -2.35. The largest absolute Gasteiger partial charge is 0.497 e. The average Bonchev–Trinajstić information content (AvgIpc) is 3.13. The van der Waals surface area contributed by atoms with Crippen LogP contribution < -0.4 is 4.74 Å². The molecule has 8 heteroatoms. The van der Waals surface area contributed by atoms with Crippen molar-refractivity contribution in [1.82, 2.24) is 24.8 Å². The van der Waals surface area contributed by atoms with Gasteiger partial charge in [0.25, 0.3) is 11.8 Å². The number of rotatable bonds is 3. The zero-order chi connectivity index (χ0) is 19.7. The van der Waals surface area contributed by atoms with Crippen molar-refractivity contribution >= 4 is 22.8 Å². The van der Waals surface area contributed by atoms with Crippen LogP contribution in [0, 0.1) is 0 Å². The minimum absolute atomic E-state index is 0.0304. The molecule has 0 N–H and O–H groups in total. The van der Waals surface area contributed by atoms with E-state index in [4.69, 9.17) is 4.74 Å². The van der Waals surface area contributed by atoms with E-state index in [1.54, 1.807) is 65.0 Å². The van der Waals surface area contributed by atoms with Crippen molar-refractivity contribution in [2.75, 3.05) is 33.3 Å². The molecule has 0 unspecified atom stereocenters. The van der Waals surface area contributed by atoms with Crippen LogP contribution in [0.1, 0.15) is 20.7 Å². The molecule has 1 aliphatic heterocycles. The lowest BCUT2D eigenvalue weighted by molar-refractivity contribution is 0.0535. The van der Waals surface area contributed by atoms with E-state index in [0.29, 0.717) is 43.1 Å². The fraction of sp³-hybridized carbons (Fsp3) is 0.300. The number of carbonyl (C=O) groups excluding carboxylic acids is 2. The maximum atomic E-state index is 12.9. The maximum Gasteiger partial charge on any atom is 0.254 e. The summed E-state index contributed by atoms with van der Waals surface area (Å²) in [5.74, 6) is 0.643. The summed E-state index contributed by atoms with van der Waals surface area (Å²) in [5, 5.41) is 8.00. The van der Waals surface area contributed by atoms with Crippen molar-refractivity contribution < 1.29 is 14.3 Å². The van der Waals surface area contributed by atoms with E-state index < -0.39 is 0 Å². The first-order chi connectivity index (χ1) is 13.6. The third-order valence-corrected chi connectivity index (χ3v) is 5.05. The molecule has 0 radical (unpaired) electrons. The molecular formula is C20H21N5O3. The Morgan fingerprint density at radius 2 is 1.46 bits per heavy atom. The second-order valence-corrected chi connectivity index (χ2v) is 6.73. The quantitative estimate of drug-likeness (QED) is 0.690.